The lowest BCUT2D eigenvalue weighted by Crippen LogP contribution is -2.38. The van der Waals surface area contributed by atoms with E-state index in [1.54, 1.807) is 0 Å². The molecule has 0 saturated heterocycles. The molecule has 0 saturated carbocycles. The van der Waals surface area contributed by atoms with E-state index < -0.39 is 0 Å². The van der Waals surface area contributed by atoms with E-state index in [0.717, 1.165) is 6.54 Å². The minimum absolute atomic E-state index is 0.108. The maximum atomic E-state index is 2.54. The number of anilines is 1. The van der Waals surface area contributed by atoms with Gasteiger partial charge in [0.15, 0.2) is 0 Å². The Bertz CT molecular complexity index is 781. The van der Waals surface area contributed by atoms with Crippen molar-refractivity contribution in [2.24, 2.45) is 0 Å². The summed E-state index contributed by atoms with van der Waals surface area (Å²) < 4.78 is 0. The molecule has 0 unspecified atom stereocenters. The largest absolute Gasteiger partial charge is 0.367 e. The summed E-state index contributed by atoms with van der Waals surface area (Å²) in [5.74, 6) is 0. The third-order valence-electron chi connectivity index (χ3n) is 5.24. The van der Waals surface area contributed by atoms with Crippen LogP contribution < -0.4 is 4.90 Å². The Kier molecular flexibility index (Phi) is 3.65. The monoisotopic (exact) mass is 313 g/mol. The lowest BCUT2D eigenvalue weighted by atomic mass is 9.71. The van der Waals surface area contributed by atoms with Gasteiger partial charge in [-0.25, -0.2) is 0 Å². The normalized spacial score (nSPS) is 15.5. The van der Waals surface area contributed by atoms with Crippen molar-refractivity contribution in [3.05, 3.63) is 102 Å². The van der Waals surface area contributed by atoms with Gasteiger partial charge in [0, 0.05) is 18.3 Å². The van der Waals surface area contributed by atoms with Crippen molar-refractivity contribution in [3.8, 4) is 0 Å². The molecule has 3 aromatic carbocycles. The first-order valence-corrected chi connectivity index (χ1v) is 8.71. The van der Waals surface area contributed by atoms with Gasteiger partial charge in [-0.3, -0.25) is 0 Å². The van der Waals surface area contributed by atoms with Crippen LogP contribution in [0.25, 0.3) is 0 Å². The number of rotatable bonds is 3. The fourth-order valence-electron chi connectivity index (χ4n) is 4.08. The fraction of sp³-hybridized carbons (Fsp3) is 0.217. The zero-order valence-electron chi connectivity index (χ0n) is 14.3. The first-order chi connectivity index (χ1) is 11.7. The lowest BCUT2D eigenvalue weighted by Gasteiger charge is -2.33. The number of fused-ring (bicyclic) bond motifs is 1. The molecule has 0 bridgehead atoms. The summed E-state index contributed by atoms with van der Waals surface area (Å²) in [6.45, 7) is 5.55. The summed E-state index contributed by atoms with van der Waals surface area (Å²) in [5.41, 5.74) is 5.40. The van der Waals surface area contributed by atoms with Crippen LogP contribution in [-0.4, -0.2) is 12.6 Å². The van der Waals surface area contributed by atoms with Gasteiger partial charge < -0.3 is 4.90 Å². The summed E-state index contributed by atoms with van der Waals surface area (Å²) in [5, 5.41) is 0. The standard InChI is InChI=1S/C23H23N/c1-18(2)24-17-23(19-11-5-3-6-12-19,20-13-7-4-8-14-20)21-15-9-10-16-22(21)24/h3-16,18H,17H2,1-2H3. The van der Waals surface area contributed by atoms with Crippen molar-refractivity contribution in [1.29, 1.82) is 0 Å². The molecule has 1 aliphatic heterocycles. The Morgan fingerprint density at radius 3 is 1.75 bits per heavy atom. The molecule has 0 aliphatic carbocycles. The van der Waals surface area contributed by atoms with Gasteiger partial charge in [-0.1, -0.05) is 78.9 Å². The van der Waals surface area contributed by atoms with Gasteiger partial charge in [0.05, 0.1) is 5.41 Å². The number of hydrogen-bond acceptors (Lipinski definition) is 1. The molecule has 0 radical (unpaired) electrons. The smallest absolute Gasteiger partial charge is 0.0646 e. The second-order valence-electron chi connectivity index (χ2n) is 6.88. The molecule has 0 spiro atoms. The number of hydrogen-bond donors (Lipinski definition) is 0. The van der Waals surface area contributed by atoms with E-state index >= 15 is 0 Å². The van der Waals surface area contributed by atoms with Crippen LogP contribution in [0.2, 0.25) is 0 Å². The molecule has 0 N–H and O–H groups in total. The zero-order chi connectivity index (χ0) is 16.6. The van der Waals surface area contributed by atoms with Gasteiger partial charge in [0.25, 0.3) is 0 Å². The second kappa shape index (κ2) is 5.83. The van der Waals surface area contributed by atoms with E-state index in [1.165, 1.54) is 22.4 Å². The van der Waals surface area contributed by atoms with Gasteiger partial charge >= 0.3 is 0 Å². The molecule has 1 nitrogen and oxygen atoms in total. The van der Waals surface area contributed by atoms with E-state index in [2.05, 4.69) is 104 Å². The fourth-order valence-corrected chi connectivity index (χ4v) is 4.08. The third kappa shape index (κ3) is 2.16. The van der Waals surface area contributed by atoms with Crippen LogP contribution in [0.1, 0.15) is 30.5 Å². The Balaban J connectivity index is 2.03. The van der Waals surface area contributed by atoms with Crippen LogP contribution in [0, 0.1) is 0 Å². The quantitative estimate of drug-likeness (QED) is 0.638. The van der Waals surface area contributed by atoms with Crippen LogP contribution in [0.3, 0.4) is 0 Å². The number of nitrogens with zero attached hydrogens (tertiary/aromatic N) is 1. The van der Waals surface area contributed by atoms with Crippen molar-refractivity contribution in [1.82, 2.24) is 0 Å². The van der Waals surface area contributed by atoms with Crippen molar-refractivity contribution in [2.75, 3.05) is 11.4 Å². The van der Waals surface area contributed by atoms with Gasteiger partial charge in [-0.05, 0) is 36.6 Å². The molecule has 1 aliphatic rings. The van der Waals surface area contributed by atoms with Gasteiger partial charge in [-0.15, -0.1) is 0 Å². The summed E-state index contributed by atoms with van der Waals surface area (Å²) in [7, 11) is 0. The first kappa shape index (κ1) is 15.0. The Morgan fingerprint density at radius 2 is 1.21 bits per heavy atom. The Hall–Kier alpha value is -2.54. The highest BCUT2D eigenvalue weighted by Gasteiger charge is 2.45. The van der Waals surface area contributed by atoms with Crippen molar-refractivity contribution in [2.45, 2.75) is 25.3 Å². The van der Waals surface area contributed by atoms with Crippen LogP contribution in [0.5, 0.6) is 0 Å². The predicted molar refractivity (Wildman–Crippen MR) is 102 cm³/mol. The third-order valence-corrected chi connectivity index (χ3v) is 5.24. The Morgan fingerprint density at radius 1 is 0.708 bits per heavy atom. The summed E-state index contributed by atoms with van der Waals surface area (Å²) in [6.07, 6.45) is 0. The Labute approximate surface area is 144 Å². The van der Waals surface area contributed by atoms with E-state index in [4.69, 9.17) is 0 Å². The lowest BCUT2D eigenvalue weighted by molar-refractivity contribution is 0.599. The van der Waals surface area contributed by atoms with Crippen LogP contribution in [-0.2, 0) is 5.41 Å². The minimum Gasteiger partial charge on any atom is -0.367 e. The maximum absolute atomic E-state index is 2.54. The molecule has 0 atom stereocenters. The van der Waals surface area contributed by atoms with Crippen LogP contribution in [0.15, 0.2) is 84.9 Å². The highest BCUT2D eigenvalue weighted by Crippen LogP contribution is 2.49. The molecule has 0 amide bonds. The zero-order valence-corrected chi connectivity index (χ0v) is 14.3. The topological polar surface area (TPSA) is 3.24 Å². The SMILES string of the molecule is CC(C)N1CC(c2ccccc2)(c2ccccc2)c2ccccc21. The van der Waals surface area contributed by atoms with E-state index in [-0.39, 0.29) is 5.41 Å². The molecule has 1 heteroatoms. The predicted octanol–water partition coefficient (Wildman–Crippen LogP) is 5.25. The second-order valence-corrected chi connectivity index (χ2v) is 6.88. The van der Waals surface area contributed by atoms with E-state index in [9.17, 15) is 0 Å². The highest BCUT2D eigenvalue weighted by atomic mass is 15.2. The average molecular weight is 313 g/mol. The molecule has 120 valence electrons. The summed E-state index contributed by atoms with van der Waals surface area (Å²) in [4.78, 5) is 2.54. The van der Waals surface area contributed by atoms with Crippen LogP contribution >= 0.6 is 0 Å². The van der Waals surface area contributed by atoms with E-state index in [0.29, 0.717) is 6.04 Å². The highest BCUT2D eigenvalue weighted by molar-refractivity contribution is 5.70. The van der Waals surface area contributed by atoms with Crippen molar-refractivity contribution in [3.63, 3.8) is 0 Å². The molecule has 0 fully saturated rings. The summed E-state index contributed by atoms with van der Waals surface area (Å²) >= 11 is 0. The first-order valence-electron chi connectivity index (χ1n) is 8.71. The van der Waals surface area contributed by atoms with Crippen molar-refractivity contribution < 1.29 is 0 Å². The van der Waals surface area contributed by atoms with E-state index in [1.807, 2.05) is 0 Å². The number of para-hydroxylation sites is 1. The molecule has 1 heterocycles. The van der Waals surface area contributed by atoms with Crippen molar-refractivity contribution >= 4 is 5.69 Å². The maximum Gasteiger partial charge on any atom is 0.0646 e. The molecule has 4 rings (SSSR count). The minimum atomic E-state index is -0.108. The van der Waals surface area contributed by atoms with Gasteiger partial charge in [0.2, 0.25) is 0 Å². The molecular weight excluding hydrogens is 290 g/mol. The van der Waals surface area contributed by atoms with Gasteiger partial charge in [-0.2, -0.15) is 0 Å². The number of benzene rings is 3. The summed E-state index contributed by atoms with van der Waals surface area (Å²) in [6, 6.07) is 31.3. The van der Waals surface area contributed by atoms with Crippen LogP contribution in [0.4, 0.5) is 5.69 Å². The molecule has 0 aromatic heterocycles. The molecule has 3 aromatic rings. The molecular formula is C23H23N. The van der Waals surface area contributed by atoms with Gasteiger partial charge in [0.1, 0.15) is 0 Å². The average Bonchev–Trinajstić information content (AvgIpc) is 3.00. The molecule has 24 heavy (non-hydrogen) atoms.